The fraction of sp³-hybridized carbons (Fsp3) is 0.500. The van der Waals surface area contributed by atoms with E-state index in [1.807, 2.05) is 19.0 Å². The first-order valence-corrected chi connectivity index (χ1v) is 8.26. The van der Waals surface area contributed by atoms with Gasteiger partial charge in [-0.3, -0.25) is 0 Å². The Morgan fingerprint density at radius 1 is 1.33 bits per heavy atom. The highest BCUT2D eigenvalue weighted by molar-refractivity contribution is 7.89. The maximum Gasteiger partial charge on any atom is 0.335 e. The second kappa shape index (κ2) is 6.13. The van der Waals surface area contributed by atoms with Gasteiger partial charge in [0.25, 0.3) is 0 Å². The van der Waals surface area contributed by atoms with Gasteiger partial charge in [-0.25, -0.2) is 13.2 Å². The molecule has 0 radical (unpaired) electrons. The summed E-state index contributed by atoms with van der Waals surface area (Å²) in [6.45, 7) is 1.20. The third-order valence-corrected chi connectivity index (χ3v) is 5.57. The van der Waals surface area contributed by atoms with Gasteiger partial charge in [0, 0.05) is 19.1 Å². The Balaban J connectivity index is 2.26. The van der Waals surface area contributed by atoms with E-state index in [9.17, 15) is 13.2 Å². The quantitative estimate of drug-likeness (QED) is 0.881. The third kappa shape index (κ3) is 3.42. The van der Waals surface area contributed by atoms with Gasteiger partial charge in [0.05, 0.1) is 10.5 Å². The Kier molecular flexibility index (Phi) is 4.65. The summed E-state index contributed by atoms with van der Waals surface area (Å²) in [6.07, 6.45) is 1.70. The Hall–Kier alpha value is -1.44. The number of hydrogen-bond acceptors (Lipinski definition) is 4. The molecular weight excluding hydrogens is 292 g/mol. The van der Waals surface area contributed by atoms with Gasteiger partial charge in [-0.15, -0.1) is 0 Å². The first-order chi connectivity index (χ1) is 9.82. The summed E-state index contributed by atoms with van der Waals surface area (Å²) < 4.78 is 26.9. The molecule has 6 nitrogen and oxygen atoms in total. The lowest BCUT2D eigenvalue weighted by molar-refractivity contribution is 0.0696. The minimum absolute atomic E-state index is 0.0239. The average Bonchev–Trinajstić information content (AvgIpc) is 2.86. The Morgan fingerprint density at radius 3 is 2.48 bits per heavy atom. The molecule has 1 aromatic rings. The second-order valence-electron chi connectivity index (χ2n) is 5.50. The zero-order chi connectivity index (χ0) is 15.6. The summed E-state index contributed by atoms with van der Waals surface area (Å²) in [5.41, 5.74) is 0.0835. The molecule has 7 heteroatoms. The molecule has 0 bridgehead atoms. The summed E-state index contributed by atoms with van der Waals surface area (Å²) in [7, 11) is 0.281. The van der Waals surface area contributed by atoms with Gasteiger partial charge in [-0.1, -0.05) is 0 Å². The minimum atomic E-state index is -3.56. The number of benzene rings is 1. The fourth-order valence-corrected chi connectivity index (χ4v) is 4.32. The lowest BCUT2D eigenvalue weighted by atomic mass is 10.2. The zero-order valence-electron chi connectivity index (χ0n) is 12.2. The van der Waals surface area contributed by atoms with E-state index in [1.165, 1.54) is 28.6 Å². The Bertz CT molecular complexity index is 610. The van der Waals surface area contributed by atoms with Crippen molar-refractivity contribution in [2.45, 2.75) is 23.8 Å². The number of carboxylic acids is 1. The van der Waals surface area contributed by atoms with Crippen molar-refractivity contribution < 1.29 is 18.3 Å². The van der Waals surface area contributed by atoms with Gasteiger partial charge in [0.2, 0.25) is 10.0 Å². The Labute approximate surface area is 125 Å². The standard InChI is InChI=1S/C14H20N2O4S/c1-15(2)10-12-4-3-9-16(12)21(19,20)13-7-5-11(6-8-13)14(17)18/h5-8,12H,3-4,9-10H2,1-2H3,(H,17,18). The smallest absolute Gasteiger partial charge is 0.335 e. The van der Waals surface area contributed by atoms with Crippen LogP contribution >= 0.6 is 0 Å². The molecule has 2 rings (SSSR count). The van der Waals surface area contributed by atoms with Gasteiger partial charge in [0.15, 0.2) is 0 Å². The van der Waals surface area contributed by atoms with Crippen LogP contribution in [0.5, 0.6) is 0 Å². The van der Waals surface area contributed by atoms with E-state index >= 15 is 0 Å². The highest BCUT2D eigenvalue weighted by atomic mass is 32.2. The number of aromatic carboxylic acids is 1. The highest BCUT2D eigenvalue weighted by Gasteiger charge is 2.35. The number of likely N-dealkylation sites (N-methyl/N-ethyl adjacent to an activating group) is 1. The second-order valence-corrected chi connectivity index (χ2v) is 7.39. The molecule has 0 amide bonds. The molecular formula is C14H20N2O4S. The number of nitrogens with zero attached hydrogens (tertiary/aromatic N) is 2. The highest BCUT2D eigenvalue weighted by Crippen LogP contribution is 2.26. The molecule has 1 unspecified atom stereocenters. The SMILES string of the molecule is CN(C)CC1CCCN1S(=O)(=O)c1ccc(C(=O)O)cc1. The van der Waals surface area contributed by atoms with Crippen LogP contribution in [0.1, 0.15) is 23.2 Å². The first kappa shape index (κ1) is 15.9. The van der Waals surface area contributed by atoms with Crippen molar-refractivity contribution in [1.29, 1.82) is 0 Å². The lowest BCUT2D eigenvalue weighted by Crippen LogP contribution is -2.41. The molecule has 0 aliphatic carbocycles. The number of sulfonamides is 1. The molecule has 1 fully saturated rings. The van der Waals surface area contributed by atoms with Crippen LogP contribution in [-0.2, 0) is 10.0 Å². The summed E-state index contributed by atoms with van der Waals surface area (Å²) in [5.74, 6) is -1.06. The van der Waals surface area contributed by atoms with Crippen molar-refractivity contribution in [3.05, 3.63) is 29.8 Å². The van der Waals surface area contributed by atoms with Crippen LogP contribution < -0.4 is 0 Å². The molecule has 1 heterocycles. The maximum atomic E-state index is 12.7. The molecule has 0 saturated carbocycles. The molecule has 0 aromatic heterocycles. The number of carboxylic acid groups (broad SMARTS) is 1. The van der Waals surface area contributed by atoms with Crippen molar-refractivity contribution >= 4 is 16.0 Å². The van der Waals surface area contributed by atoms with E-state index in [-0.39, 0.29) is 16.5 Å². The lowest BCUT2D eigenvalue weighted by Gasteiger charge is -2.26. The van der Waals surface area contributed by atoms with Crippen molar-refractivity contribution in [2.75, 3.05) is 27.2 Å². The predicted molar refractivity (Wildman–Crippen MR) is 78.9 cm³/mol. The van der Waals surface area contributed by atoms with Crippen LogP contribution in [0.25, 0.3) is 0 Å². The third-order valence-electron chi connectivity index (χ3n) is 3.61. The van der Waals surface area contributed by atoms with Crippen LogP contribution in [0.15, 0.2) is 29.2 Å². The van der Waals surface area contributed by atoms with Crippen molar-refractivity contribution in [3.8, 4) is 0 Å². The molecule has 1 N–H and O–H groups in total. The van der Waals surface area contributed by atoms with Crippen LogP contribution in [0.2, 0.25) is 0 Å². The summed E-state index contributed by atoms with van der Waals surface area (Å²) in [4.78, 5) is 13.0. The molecule has 21 heavy (non-hydrogen) atoms. The van der Waals surface area contributed by atoms with Crippen LogP contribution in [0, 0.1) is 0 Å². The maximum absolute atomic E-state index is 12.7. The molecule has 1 atom stereocenters. The van der Waals surface area contributed by atoms with E-state index < -0.39 is 16.0 Å². The van der Waals surface area contributed by atoms with E-state index in [0.29, 0.717) is 13.1 Å². The van der Waals surface area contributed by atoms with E-state index in [0.717, 1.165) is 12.8 Å². The molecule has 0 spiro atoms. The van der Waals surface area contributed by atoms with Gasteiger partial charge < -0.3 is 10.0 Å². The molecule has 116 valence electrons. The molecule has 1 saturated heterocycles. The largest absolute Gasteiger partial charge is 0.478 e. The van der Waals surface area contributed by atoms with Crippen molar-refractivity contribution in [1.82, 2.24) is 9.21 Å². The average molecular weight is 312 g/mol. The first-order valence-electron chi connectivity index (χ1n) is 6.82. The summed E-state index contributed by atoms with van der Waals surface area (Å²) >= 11 is 0. The van der Waals surface area contributed by atoms with Gasteiger partial charge in [0.1, 0.15) is 0 Å². The normalized spacial score (nSPS) is 20.0. The van der Waals surface area contributed by atoms with E-state index in [4.69, 9.17) is 5.11 Å². The fourth-order valence-electron chi connectivity index (χ4n) is 2.63. The molecule has 1 aromatic carbocycles. The minimum Gasteiger partial charge on any atom is -0.478 e. The monoisotopic (exact) mass is 312 g/mol. The summed E-state index contributed by atoms with van der Waals surface area (Å²) in [5, 5.41) is 8.87. The van der Waals surface area contributed by atoms with Crippen LogP contribution in [0.4, 0.5) is 0 Å². The van der Waals surface area contributed by atoms with E-state index in [2.05, 4.69) is 0 Å². The number of hydrogen-bond donors (Lipinski definition) is 1. The van der Waals surface area contributed by atoms with Crippen LogP contribution in [0.3, 0.4) is 0 Å². The van der Waals surface area contributed by atoms with Crippen molar-refractivity contribution in [3.63, 3.8) is 0 Å². The predicted octanol–water partition coefficient (Wildman–Crippen LogP) is 1.10. The number of carbonyl (C=O) groups is 1. The number of rotatable bonds is 5. The van der Waals surface area contributed by atoms with Gasteiger partial charge in [-0.2, -0.15) is 4.31 Å². The molecule has 1 aliphatic heterocycles. The van der Waals surface area contributed by atoms with Crippen molar-refractivity contribution in [2.24, 2.45) is 0 Å². The topological polar surface area (TPSA) is 77.9 Å². The Morgan fingerprint density at radius 2 is 1.95 bits per heavy atom. The molecule has 1 aliphatic rings. The van der Waals surface area contributed by atoms with Gasteiger partial charge >= 0.3 is 5.97 Å². The van der Waals surface area contributed by atoms with E-state index in [1.54, 1.807) is 0 Å². The van der Waals surface area contributed by atoms with Crippen LogP contribution in [-0.4, -0.2) is 61.9 Å². The van der Waals surface area contributed by atoms with Gasteiger partial charge in [-0.05, 0) is 51.2 Å². The zero-order valence-corrected chi connectivity index (χ0v) is 13.0. The summed E-state index contributed by atoms with van der Waals surface area (Å²) in [6, 6.07) is 5.36.